The number of hydrogen-bond donors (Lipinski definition) is 2. The molecule has 2 aromatic carbocycles. The van der Waals surface area contributed by atoms with Gasteiger partial charge in [0.15, 0.2) is 17.2 Å². The summed E-state index contributed by atoms with van der Waals surface area (Å²) < 4.78 is 25.0. The van der Waals surface area contributed by atoms with Gasteiger partial charge in [-0.25, -0.2) is 19.3 Å². The van der Waals surface area contributed by atoms with Gasteiger partial charge in [-0.1, -0.05) is 24.8 Å². The van der Waals surface area contributed by atoms with Crippen molar-refractivity contribution in [3.05, 3.63) is 103 Å². The number of benzene rings is 2. The number of imidazole rings is 1. The van der Waals surface area contributed by atoms with Crippen molar-refractivity contribution in [2.24, 2.45) is 0 Å². The van der Waals surface area contributed by atoms with Crippen molar-refractivity contribution in [1.82, 2.24) is 23.9 Å². The molecule has 10 heteroatoms. The quantitative estimate of drug-likeness (QED) is 0.254. The third kappa shape index (κ3) is 4.21. The normalized spacial score (nSPS) is 11.2. The van der Waals surface area contributed by atoms with Gasteiger partial charge in [0.2, 0.25) is 11.8 Å². The molecule has 6 rings (SSSR count). The molecule has 0 saturated heterocycles. The number of halogens is 1. The highest BCUT2D eigenvalue weighted by Crippen LogP contribution is 2.40. The lowest BCUT2D eigenvalue weighted by Crippen LogP contribution is -2.09. The Hall–Kier alpha value is -5.51. The highest BCUT2D eigenvalue weighted by atomic mass is 19.1. The van der Waals surface area contributed by atoms with Gasteiger partial charge in [0.1, 0.15) is 17.8 Å². The van der Waals surface area contributed by atoms with E-state index in [1.54, 1.807) is 24.3 Å². The third-order valence-electron chi connectivity index (χ3n) is 6.62. The number of nitrogens with one attached hydrogen (secondary N) is 1. The number of fused-ring (bicyclic) bond motifs is 3. The van der Waals surface area contributed by atoms with Crippen molar-refractivity contribution in [3.8, 4) is 28.4 Å². The molecule has 4 heterocycles. The van der Waals surface area contributed by atoms with E-state index in [1.165, 1.54) is 18.5 Å². The fourth-order valence-electron chi connectivity index (χ4n) is 4.71. The molecule has 0 saturated carbocycles. The maximum absolute atomic E-state index is 15.5. The zero-order valence-electron chi connectivity index (χ0n) is 21.7. The van der Waals surface area contributed by atoms with Gasteiger partial charge in [-0.2, -0.15) is 0 Å². The molecule has 0 atom stereocenters. The Morgan fingerprint density at radius 3 is 2.73 bits per heavy atom. The SMILES string of the molecule is C=CC(=O)Nc1cc(-n2ccn3c4ncnc(N)c4c(-c4ccc(Oc5cccc(C)n5)c(F)c4)c23)ccc1C. The van der Waals surface area contributed by atoms with Crippen LogP contribution >= 0.6 is 0 Å². The zero-order chi connectivity index (χ0) is 28.0. The number of anilines is 2. The number of amides is 1. The van der Waals surface area contributed by atoms with Crippen LogP contribution in [0.2, 0.25) is 0 Å². The van der Waals surface area contributed by atoms with E-state index in [-0.39, 0.29) is 17.5 Å². The van der Waals surface area contributed by atoms with E-state index in [4.69, 9.17) is 10.5 Å². The second-order valence-electron chi connectivity index (χ2n) is 9.25. The Labute approximate surface area is 228 Å². The minimum absolute atomic E-state index is 0.0438. The van der Waals surface area contributed by atoms with E-state index in [2.05, 4.69) is 26.8 Å². The molecule has 0 bridgehead atoms. The lowest BCUT2D eigenvalue weighted by Gasteiger charge is -2.12. The maximum atomic E-state index is 15.5. The molecule has 0 radical (unpaired) electrons. The Kier molecular flexibility index (Phi) is 5.99. The summed E-state index contributed by atoms with van der Waals surface area (Å²) in [5.41, 5.74) is 11.9. The molecule has 4 aromatic heterocycles. The smallest absolute Gasteiger partial charge is 0.247 e. The third-order valence-corrected chi connectivity index (χ3v) is 6.62. The summed E-state index contributed by atoms with van der Waals surface area (Å²) in [6, 6.07) is 15.7. The van der Waals surface area contributed by atoms with Crippen molar-refractivity contribution in [2.45, 2.75) is 13.8 Å². The van der Waals surface area contributed by atoms with Crippen LogP contribution in [0.15, 0.2) is 86.0 Å². The van der Waals surface area contributed by atoms with Crippen LogP contribution in [0, 0.1) is 19.7 Å². The summed E-state index contributed by atoms with van der Waals surface area (Å²) in [6.45, 7) is 7.27. The predicted molar refractivity (Wildman–Crippen MR) is 152 cm³/mol. The Morgan fingerprint density at radius 2 is 1.95 bits per heavy atom. The lowest BCUT2D eigenvalue weighted by molar-refractivity contribution is -0.111. The van der Waals surface area contributed by atoms with E-state index >= 15 is 4.39 Å². The minimum atomic E-state index is -0.563. The maximum Gasteiger partial charge on any atom is 0.247 e. The number of aromatic nitrogens is 5. The first kappa shape index (κ1) is 24.8. The summed E-state index contributed by atoms with van der Waals surface area (Å²) in [6.07, 6.45) is 6.34. The van der Waals surface area contributed by atoms with Crippen molar-refractivity contribution in [1.29, 1.82) is 0 Å². The Bertz CT molecular complexity index is 1960. The van der Waals surface area contributed by atoms with Gasteiger partial charge in [-0.3, -0.25) is 9.20 Å². The van der Waals surface area contributed by atoms with Crippen LogP contribution in [0.4, 0.5) is 15.9 Å². The largest absolute Gasteiger partial charge is 0.436 e. The monoisotopic (exact) mass is 533 g/mol. The number of nitrogens with two attached hydrogens (primary N) is 1. The molecule has 198 valence electrons. The van der Waals surface area contributed by atoms with Crippen LogP contribution in [-0.4, -0.2) is 29.8 Å². The van der Waals surface area contributed by atoms with Gasteiger partial charge in [-0.05, 0) is 61.4 Å². The number of nitrogen functional groups attached to an aromatic ring is 1. The zero-order valence-corrected chi connectivity index (χ0v) is 21.7. The van der Waals surface area contributed by atoms with E-state index in [0.717, 1.165) is 16.9 Å². The summed E-state index contributed by atoms with van der Waals surface area (Å²) in [5, 5.41) is 3.43. The van der Waals surface area contributed by atoms with E-state index in [1.807, 2.05) is 59.5 Å². The molecule has 6 aromatic rings. The molecule has 0 aliphatic heterocycles. The van der Waals surface area contributed by atoms with Gasteiger partial charge in [0.05, 0.1) is 5.39 Å². The van der Waals surface area contributed by atoms with Crippen molar-refractivity contribution in [3.63, 3.8) is 0 Å². The van der Waals surface area contributed by atoms with E-state index in [9.17, 15) is 4.79 Å². The number of nitrogens with zero attached hydrogens (tertiary/aromatic N) is 5. The van der Waals surface area contributed by atoms with Crippen LogP contribution in [-0.2, 0) is 4.79 Å². The molecule has 0 aliphatic carbocycles. The van der Waals surface area contributed by atoms with Crippen molar-refractivity contribution in [2.75, 3.05) is 11.1 Å². The summed E-state index contributed by atoms with van der Waals surface area (Å²) in [5.74, 6) is -0.265. The summed E-state index contributed by atoms with van der Waals surface area (Å²) in [7, 11) is 0. The highest BCUT2D eigenvalue weighted by Gasteiger charge is 2.23. The van der Waals surface area contributed by atoms with Crippen molar-refractivity contribution < 1.29 is 13.9 Å². The van der Waals surface area contributed by atoms with Gasteiger partial charge >= 0.3 is 0 Å². The summed E-state index contributed by atoms with van der Waals surface area (Å²) >= 11 is 0. The van der Waals surface area contributed by atoms with Crippen LogP contribution < -0.4 is 15.8 Å². The summed E-state index contributed by atoms with van der Waals surface area (Å²) in [4.78, 5) is 25.0. The highest BCUT2D eigenvalue weighted by molar-refractivity contribution is 6.08. The first-order valence-corrected chi connectivity index (χ1v) is 12.4. The Balaban J connectivity index is 1.53. The molecular formula is C30H24FN7O2. The molecular weight excluding hydrogens is 509 g/mol. The van der Waals surface area contributed by atoms with Gasteiger partial charge in [-0.15, -0.1) is 0 Å². The number of hydrogen-bond acceptors (Lipinski definition) is 6. The fourth-order valence-corrected chi connectivity index (χ4v) is 4.71. The average Bonchev–Trinajstić information content (AvgIpc) is 3.50. The van der Waals surface area contributed by atoms with Crippen LogP contribution in [0.1, 0.15) is 11.3 Å². The topological polar surface area (TPSA) is 112 Å². The number of pyridine rings is 1. The lowest BCUT2D eigenvalue weighted by atomic mass is 10.0. The van der Waals surface area contributed by atoms with Gasteiger partial charge < -0.3 is 20.4 Å². The van der Waals surface area contributed by atoms with E-state index in [0.29, 0.717) is 39.4 Å². The van der Waals surface area contributed by atoms with E-state index < -0.39 is 5.82 Å². The Morgan fingerprint density at radius 1 is 1.10 bits per heavy atom. The standard InChI is InChI=1S/C30H24FN7O2/c1-4-24(39)36-22-15-20(10-8-17(22)2)37-12-13-38-29-27(28(32)33-16-34-29)26(30(37)38)19-9-11-23(21(31)14-19)40-25-7-5-6-18(3)35-25/h4-16H,1H2,2-3H3,(H,36,39)(H2,32,33,34). The van der Waals surface area contributed by atoms with Crippen LogP contribution in [0.25, 0.3) is 33.5 Å². The first-order chi connectivity index (χ1) is 19.3. The number of rotatable bonds is 6. The second-order valence-corrected chi connectivity index (χ2v) is 9.25. The molecule has 0 fully saturated rings. The number of carbonyl (C=O) groups is 1. The van der Waals surface area contributed by atoms with Crippen LogP contribution in [0.3, 0.4) is 0 Å². The molecule has 1 amide bonds. The molecule has 0 unspecified atom stereocenters. The van der Waals surface area contributed by atoms with Gasteiger partial charge in [0.25, 0.3) is 0 Å². The van der Waals surface area contributed by atoms with Crippen LogP contribution in [0.5, 0.6) is 11.6 Å². The molecule has 40 heavy (non-hydrogen) atoms. The number of ether oxygens (including phenoxy) is 1. The van der Waals surface area contributed by atoms with Gasteiger partial charge in [0, 0.05) is 41.1 Å². The molecule has 9 nitrogen and oxygen atoms in total. The first-order valence-electron chi connectivity index (χ1n) is 12.4. The van der Waals surface area contributed by atoms with Crippen molar-refractivity contribution >= 4 is 34.1 Å². The number of aryl methyl sites for hydroxylation is 2. The minimum Gasteiger partial charge on any atom is -0.436 e. The second kappa shape index (κ2) is 9.66. The molecule has 3 N–H and O–H groups in total. The fraction of sp³-hybridized carbons (Fsp3) is 0.0667. The molecule has 0 spiro atoms. The average molecular weight is 534 g/mol. The molecule has 0 aliphatic rings. The predicted octanol–water partition coefficient (Wildman–Crippen LogP) is 5.99. The number of carbonyl (C=O) groups excluding carboxylic acids is 1.